The summed E-state index contributed by atoms with van der Waals surface area (Å²) in [6, 6.07) is 0.658. The molecule has 1 aliphatic rings. The maximum atomic E-state index is 6.11. The van der Waals surface area contributed by atoms with E-state index in [0.717, 1.165) is 32.6 Å². The van der Waals surface area contributed by atoms with Crippen molar-refractivity contribution in [1.29, 1.82) is 0 Å². The van der Waals surface area contributed by atoms with E-state index in [1.165, 1.54) is 25.7 Å². The van der Waals surface area contributed by atoms with E-state index in [-0.39, 0.29) is 5.54 Å². The molecule has 0 aromatic heterocycles. The highest BCUT2D eigenvalue weighted by molar-refractivity contribution is 4.93. The minimum atomic E-state index is 0.214. The zero-order valence-electron chi connectivity index (χ0n) is 11.9. The van der Waals surface area contributed by atoms with Crippen LogP contribution in [0, 0.1) is 0 Å². The summed E-state index contributed by atoms with van der Waals surface area (Å²) in [6.07, 6.45) is 7.17. The molecule has 0 aromatic rings. The Kier molecular flexibility index (Phi) is 6.45. The van der Waals surface area contributed by atoms with Gasteiger partial charge in [-0.1, -0.05) is 26.7 Å². The predicted molar refractivity (Wildman–Crippen MR) is 73.2 cm³/mol. The standard InChI is InChI=1S/C14H30N2O/c1-4-8-14(12-15,9-5-2)16(3)13-6-10-17-11-7-13/h13H,4-12,15H2,1-3H3. The van der Waals surface area contributed by atoms with Crippen molar-refractivity contribution in [2.24, 2.45) is 5.73 Å². The summed E-state index contributed by atoms with van der Waals surface area (Å²) in [5.74, 6) is 0. The first kappa shape index (κ1) is 14.9. The summed E-state index contributed by atoms with van der Waals surface area (Å²) in [5, 5.41) is 0. The van der Waals surface area contributed by atoms with E-state index in [2.05, 4.69) is 25.8 Å². The number of nitrogens with zero attached hydrogens (tertiary/aromatic N) is 1. The van der Waals surface area contributed by atoms with Crippen LogP contribution in [0.3, 0.4) is 0 Å². The van der Waals surface area contributed by atoms with Crippen LogP contribution in [0.1, 0.15) is 52.4 Å². The molecule has 0 aliphatic carbocycles. The van der Waals surface area contributed by atoms with E-state index in [1.807, 2.05) is 0 Å². The molecule has 1 aliphatic heterocycles. The number of hydrogen-bond acceptors (Lipinski definition) is 3. The molecule has 0 amide bonds. The average molecular weight is 242 g/mol. The van der Waals surface area contributed by atoms with E-state index in [9.17, 15) is 0 Å². The first-order chi connectivity index (χ1) is 8.20. The van der Waals surface area contributed by atoms with Crippen LogP contribution in [0.2, 0.25) is 0 Å². The SMILES string of the molecule is CCCC(CN)(CCC)N(C)C1CCOCC1. The lowest BCUT2D eigenvalue weighted by Crippen LogP contribution is -2.56. The Labute approximate surface area is 107 Å². The molecule has 1 heterocycles. The molecule has 2 N–H and O–H groups in total. The Morgan fingerprint density at radius 1 is 1.18 bits per heavy atom. The van der Waals surface area contributed by atoms with Gasteiger partial charge in [0.2, 0.25) is 0 Å². The Balaban J connectivity index is 2.71. The van der Waals surface area contributed by atoms with Gasteiger partial charge in [0, 0.05) is 31.3 Å². The number of hydrogen-bond donors (Lipinski definition) is 1. The Bertz CT molecular complexity index is 196. The van der Waals surface area contributed by atoms with Gasteiger partial charge in [-0.2, -0.15) is 0 Å². The van der Waals surface area contributed by atoms with Crippen molar-refractivity contribution in [2.45, 2.75) is 64.0 Å². The van der Waals surface area contributed by atoms with Crippen LogP contribution < -0.4 is 5.73 Å². The second-order valence-electron chi connectivity index (χ2n) is 5.38. The van der Waals surface area contributed by atoms with Crippen molar-refractivity contribution in [1.82, 2.24) is 4.90 Å². The second kappa shape index (κ2) is 7.34. The lowest BCUT2D eigenvalue weighted by molar-refractivity contribution is -0.00902. The van der Waals surface area contributed by atoms with Crippen molar-refractivity contribution in [3.8, 4) is 0 Å². The quantitative estimate of drug-likeness (QED) is 0.745. The molecule has 3 nitrogen and oxygen atoms in total. The summed E-state index contributed by atoms with van der Waals surface area (Å²) >= 11 is 0. The molecule has 1 fully saturated rings. The second-order valence-corrected chi connectivity index (χ2v) is 5.38. The van der Waals surface area contributed by atoms with Gasteiger partial charge in [-0.25, -0.2) is 0 Å². The molecular weight excluding hydrogens is 212 g/mol. The Hall–Kier alpha value is -0.120. The maximum absolute atomic E-state index is 6.11. The highest BCUT2D eigenvalue weighted by Gasteiger charge is 2.35. The zero-order chi connectivity index (χ0) is 12.7. The zero-order valence-corrected chi connectivity index (χ0v) is 11.9. The summed E-state index contributed by atoms with van der Waals surface area (Å²) in [6.45, 7) is 7.13. The normalized spacial score (nSPS) is 18.9. The molecule has 0 aromatic carbocycles. The molecule has 0 saturated carbocycles. The van der Waals surface area contributed by atoms with Crippen molar-refractivity contribution in [3.63, 3.8) is 0 Å². The van der Waals surface area contributed by atoms with Crippen LogP contribution >= 0.6 is 0 Å². The molecule has 1 rings (SSSR count). The molecule has 0 unspecified atom stereocenters. The molecule has 1 saturated heterocycles. The third-order valence-electron chi connectivity index (χ3n) is 4.30. The molecule has 3 heteroatoms. The molecule has 102 valence electrons. The van der Waals surface area contributed by atoms with Gasteiger partial charge in [0.05, 0.1) is 0 Å². The molecule has 0 atom stereocenters. The monoisotopic (exact) mass is 242 g/mol. The lowest BCUT2D eigenvalue weighted by atomic mass is 9.85. The summed E-state index contributed by atoms with van der Waals surface area (Å²) in [4.78, 5) is 2.57. The van der Waals surface area contributed by atoms with E-state index < -0.39 is 0 Å². The summed E-state index contributed by atoms with van der Waals surface area (Å²) in [5.41, 5.74) is 6.33. The van der Waals surface area contributed by atoms with Crippen LogP contribution in [-0.2, 0) is 4.74 Å². The first-order valence-electron chi connectivity index (χ1n) is 7.21. The minimum Gasteiger partial charge on any atom is -0.381 e. The van der Waals surface area contributed by atoms with Crippen molar-refractivity contribution >= 4 is 0 Å². The molecule has 0 spiro atoms. The van der Waals surface area contributed by atoms with E-state index in [1.54, 1.807) is 0 Å². The smallest absolute Gasteiger partial charge is 0.0480 e. The average Bonchev–Trinajstić information content (AvgIpc) is 2.38. The number of nitrogens with two attached hydrogens (primary N) is 1. The van der Waals surface area contributed by atoms with Gasteiger partial charge in [0.1, 0.15) is 0 Å². The van der Waals surface area contributed by atoms with Crippen LogP contribution in [0.15, 0.2) is 0 Å². The third-order valence-corrected chi connectivity index (χ3v) is 4.30. The van der Waals surface area contributed by atoms with Crippen molar-refractivity contribution in [3.05, 3.63) is 0 Å². The fourth-order valence-electron chi connectivity index (χ4n) is 3.22. The van der Waals surface area contributed by atoms with E-state index >= 15 is 0 Å². The first-order valence-corrected chi connectivity index (χ1v) is 7.21. The van der Waals surface area contributed by atoms with Gasteiger partial charge in [-0.05, 0) is 32.7 Å². The topological polar surface area (TPSA) is 38.5 Å². The largest absolute Gasteiger partial charge is 0.381 e. The molecule has 0 radical (unpaired) electrons. The molecular formula is C14H30N2O. The maximum Gasteiger partial charge on any atom is 0.0480 e. The lowest BCUT2D eigenvalue weighted by Gasteiger charge is -2.46. The van der Waals surface area contributed by atoms with Crippen LogP contribution in [0.25, 0.3) is 0 Å². The highest BCUT2D eigenvalue weighted by Crippen LogP contribution is 2.29. The fourth-order valence-corrected chi connectivity index (χ4v) is 3.22. The Morgan fingerprint density at radius 2 is 1.71 bits per heavy atom. The third kappa shape index (κ3) is 3.67. The van der Waals surface area contributed by atoms with Crippen LogP contribution in [0.4, 0.5) is 0 Å². The van der Waals surface area contributed by atoms with Crippen molar-refractivity contribution < 1.29 is 4.74 Å². The Morgan fingerprint density at radius 3 is 2.12 bits per heavy atom. The van der Waals surface area contributed by atoms with Gasteiger partial charge in [0.15, 0.2) is 0 Å². The number of rotatable bonds is 7. The molecule has 0 bridgehead atoms. The van der Waals surface area contributed by atoms with Crippen LogP contribution in [-0.4, -0.2) is 43.3 Å². The number of ether oxygens (including phenoxy) is 1. The van der Waals surface area contributed by atoms with Gasteiger partial charge in [-0.15, -0.1) is 0 Å². The van der Waals surface area contributed by atoms with E-state index in [4.69, 9.17) is 10.5 Å². The summed E-state index contributed by atoms with van der Waals surface area (Å²) in [7, 11) is 2.27. The van der Waals surface area contributed by atoms with Gasteiger partial charge < -0.3 is 10.5 Å². The fraction of sp³-hybridized carbons (Fsp3) is 1.00. The van der Waals surface area contributed by atoms with Crippen molar-refractivity contribution in [2.75, 3.05) is 26.8 Å². The van der Waals surface area contributed by atoms with Gasteiger partial charge >= 0.3 is 0 Å². The van der Waals surface area contributed by atoms with E-state index in [0.29, 0.717) is 6.04 Å². The van der Waals surface area contributed by atoms with Crippen LogP contribution in [0.5, 0.6) is 0 Å². The minimum absolute atomic E-state index is 0.214. The van der Waals surface area contributed by atoms with Gasteiger partial charge in [-0.3, -0.25) is 4.90 Å². The molecule has 17 heavy (non-hydrogen) atoms. The number of likely N-dealkylation sites (N-methyl/N-ethyl adjacent to an activating group) is 1. The predicted octanol–water partition coefficient (Wildman–Crippen LogP) is 2.39. The highest BCUT2D eigenvalue weighted by atomic mass is 16.5. The summed E-state index contributed by atoms with van der Waals surface area (Å²) < 4.78 is 5.46. The van der Waals surface area contributed by atoms with Gasteiger partial charge in [0.25, 0.3) is 0 Å².